The second-order valence-electron chi connectivity index (χ2n) is 17.4. The van der Waals surface area contributed by atoms with Crippen LogP contribution >= 0.6 is 0 Å². The van der Waals surface area contributed by atoms with Crippen LogP contribution in [0.1, 0.15) is 83.0 Å². The summed E-state index contributed by atoms with van der Waals surface area (Å²) in [5, 5.41) is 0. The number of hydrogen-bond donors (Lipinski definition) is 0. The molecule has 49 heavy (non-hydrogen) atoms. The number of fused-ring (bicyclic) bond motifs is 2. The van der Waals surface area contributed by atoms with E-state index >= 15 is 0 Å². The Kier molecular flexibility index (Phi) is 8.08. The van der Waals surface area contributed by atoms with Crippen molar-refractivity contribution in [2.24, 2.45) is 0 Å². The van der Waals surface area contributed by atoms with Crippen molar-refractivity contribution in [2.45, 2.75) is 73.8 Å². The molecule has 2 aliphatic carbocycles. The second kappa shape index (κ2) is 11.6. The maximum absolute atomic E-state index is 5.77. The topological polar surface area (TPSA) is 0 Å². The van der Waals surface area contributed by atoms with E-state index in [4.69, 9.17) is 0 Å². The summed E-state index contributed by atoms with van der Waals surface area (Å²) >= 11 is -5.77. The molecule has 5 aromatic carbocycles. The van der Waals surface area contributed by atoms with E-state index in [2.05, 4.69) is 179 Å². The predicted molar refractivity (Wildman–Crippen MR) is 216 cm³/mol. The van der Waals surface area contributed by atoms with Gasteiger partial charge in [0.15, 0.2) is 0 Å². The first kappa shape index (κ1) is 34.1. The Labute approximate surface area is 291 Å². The first-order valence-corrected chi connectivity index (χ1v) is 41.8. The zero-order valence-electron chi connectivity index (χ0n) is 30.4. The Morgan fingerprint density at radius 3 is 1.29 bits per heavy atom. The Morgan fingerprint density at radius 2 is 0.898 bits per heavy atom. The average Bonchev–Trinajstić information content (AvgIpc) is 3.69. The molecule has 0 aliphatic heterocycles. The van der Waals surface area contributed by atoms with Crippen LogP contribution in [0.5, 0.6) is 0 Å². The molecular formula is C47H54HfSi. The average molecular weight is 826 g/mol. The summed E-state index contributed by atoms with van der Waals surface area (Å²) in [5.74, 6) is 0. The molecule has 250 valence electrons. The fraction of sp³-hybridized carbons (Fsp3) is 0.277. The van der Waals surface area contributed by atoms with Crippen molar-refractivity contribution >= 4 is 22.4 Å². The molecule has 0 spiro atoms. The minimum absolute atomic E-state index is 0.349. The summed E-state index contributed by atoms with van der Waals surface area (Å²) in [4.78, 5) is 0. The third-order valence-electron chi connectivity index (χ3n) is 14.3. The van der Waals surface area contributed by atoms with Gasteiger partial charge in [-0.2, -0.15) is 0 Å². The Balaban J connectivity index is 1.68. The fourth-order valence-electron chi connectivity index (χ4n) is 12.5. The summed E-state index contributed by atoms with van der Waals surface area (Å²) in [6.45, 7) is 12.5. The molecule has 0 heterocycles. The third-order valence-corrected chi connectivity index (χ3v) is 80.2. The van der Waals surface area contributed by atoms with Crippen molar-refractivity contribution < 1.29 is 14.2 Å². The van der Waals surface area contributed by atoms with Crippen LogP contribution in [0.2, 0.25) is 13.0 Å². The zero-order valence-corrected chi connectivity index (χ0v) is 35.4. The number of unbranched alkanes of at least 4 members (excludes halogenated alkanes) is 2. The molecule has 0 saturated heterocycles. The van der Waals surface area contributed by atoms with Gasteiger partial charge in [0.2, 0.25) is 0 Å². The van der Waals surface area contributed by atoms with Crippen LogP contribution in [0.25, 0.3) is 34.4 Å². The molecule has 2 heteroatoms. The molecule has 2 aliphatic rings. The van der Waals surface area contributed by atoms with Crippen LogP contribution in [0, 0.1) is 0 Å². The third kappa shape index (κ3) is 4.62. The maximum atomic E-state index is 3.00. The van der Waals surface area contributed by atoms with Crippen LogP contribution in [0.4, 0.5) is 0 Å². The Hall–Kier alpha value is -3.33. The van der Waals surface area contributed by atoms with E-state index in [-0.39, 0.29) is 0 Å². The molecule has 0 saturated carbocycles. The van der Waals surface area contributed by atoms with Crippen molar-refractivity contribution in [3.05, 3.63) is 161 Å². The van der Waals surface area contributed by atoms with Gasteiger partial charge in [-0.15, -0.1) is 0 Å². The van der Waals surface area contributed by atoms with E-state index in [1.54, 1.807) is 25.6 Å². The summed E-state index contributed by atoms with van der Waals surface area (Å²) in [6.07, 6.45) is 10.1. The first-order valence-electron chi connectivity index (χ1n) is 18.8. The van der Waals surface area contributed by atoms with Crippen molar-refractivity contribution in [3.8, 4) is 22.3 Å². The second-order valence-corrected chi connectivity index (χ2v) is 85.6. The van der Waals surface area contributed by atoms with E-state index in [1.165, 1.54) is 67.4 Å². The molecule has 0 N–H and O–H groups in total. The number of allylic oxidation sites excluding steroid dienone is 2. The Morgan fingerprint density at radius 1 is 0.510 bits per heavy atom. The molecule has 0 aromatic heterocycles. The van der Waals surface area contributed by atoms with Crippen LogP contribution in [0.15, 0.2) is 139 Å². The molecule has 7 rings (SSSR count). The monoisotopic (exact) mass is 826 g/mol. The Bertz CT molecular complexity index is 2100. The summed E-state index contributed by atoms with van der Waals surface area (Å²) in [7, 11) is 0. The van der Waals surface area contributed by atoms with E-state index < -0.39 is 14.2 Å². The molecule has 2 atom stereocenters. The van der Waals surface area contributed by atoms with Crippen molar-refractivity contribution in [2.75, 3.05) is 0 Å². The standard InChI is InChI=1S/2C16H13.C6H5.2C4H9.CH3.Hf.H2Si/c2*1-12-10-14-8-5-9-15(16(14)11-12)13-6-3-2-4-7-13;1-2-4-6-5-3-1;2*1-3-4-2;;;/h2*2-11H,1H3;1-5H;2*1,3-4H2,2H3;1H3;;1H2. The molecular weight excluding hydrogens is 771 g/mol. The van der Waals surface area contributed by atoms with E-state index in [1.807, 2.05) is 0 Å². The van der Waals surface area contributed by atoms with Gasteiger partial charge >= 0.3 is 293 Å². The van der Waals surface area contributed by atoms with Gasteiger partial charge in [0.1, 0.15) is 0 Å². The van der Waals surface area contributed by atoms with E-state index in [0.29, 0.717) is 7.35 Å². The van der Waals surface area contributed by atoms with Crippen molar-refractivity contribution in [1.29, 1.82) is 0 Å². The van der Waals surface area contributed by atoms with Crippen LogP contribution in [-0.4, -0.2) is 6.94 Å². The van der Waals surface area contributed by atoms with Crippen molar-refractivity contribution in [1.82, 2.24) is 0 Å². The van der Waals surface area contributed by atoms with Crippen LogP contribution in [0.3, 0.4) is 0 Å². The van der Waals surface area contributed by atoms with Crippen LogP contribution < -0.4 is 3.32 Å². The molecule has 0 radical (unpaired) electrons. The summed E-state index contributed by atoms with van der Waals surface area (Å²) in [5.41, 5.74) is 14.5. The molecule has 0 amide bonds. The molecule has 0 bridgehead atoms. The molecule has 0 nitrogen and oxygen atoms in total. The summed E-state index contributed by atoms with van der Waals surface area (Å²) in [6, 6.07) is 48.9. The minimum atomic E-state index is -5.77. The molecule has 5 aromatic rings. The number of hydrogen-bond acceptors (Lipinski definition) is 0. The first-order chi connectivity index (χ1) is 23.6. The van der Waals surface area contributed by atoms with Crippen LogP contribution in [-0.2, 0) is 14.2 Å². The zero-order chi connectivity index (χ0) is 34.4. The van der Waals surface area contributed by atoms with Gasteiger partial charge in [0.05, 0.1) is 0 Å². The summed E-state index contributed by atoms with van der Waals surface area (Å²) < 4.78 is 7.93. The van der Waals surface area contributed by atoms with E-state index in [0.717, 1.165) is 0 Å². The SMILES string of the molecule is CCC[CH2][Hf]([CH3])(=[SiH2])([CH2]CCC)([c]1ccccc1)([CH]1C(C)=Cc2c(-c3ccccc3)cccc21)[CH]1C(C)=Cc2c(-c3ccccc3)cccc21. The van der Waals surface area contributed by atoms with Gasteiger partial charge in [0, 0.05) is 0 Å². The quantitative estimate of drug-likeness (QED) is 0.116. The van der Waals surface area contributed by atoms with Gasteiger partial charge in [-0.25, -0.2) is 0 Å². The number of rotatable bonds is 11. The molecule has 2 unspecified atom stereocenters. The molecule has 0 fully saturated rings. The fourth-order valence-corrected chi connectivity index (χ4v) is 82.3. The van der Waals surface area contributed by atoms with Gasteiger partial charge in [-0.1, -0.05) is 0 Å². The van der Waals surface area contributed by atoms with Gasteiger partial charge in [-0.05, 0) is 0 Å². The van der Waals surface area contributed by atoms with Gasteiger partial charge in [0.25, 0.3) is 0 Å². The number of benzene rings is 5. The van der Waals surface area contributed by atoms with Gasteiger partial charge < -0.3 is 0 Å². The predicted octanol–water partition coefficient (Wildman–Crippen LogP) is 12.8. The van der Waals surface area contributed by atoms with Gasteiger partial charge in [-0.3, -0.25) is 0 Å². The van der Waals surface area contributed by atoms with Crippen molar-refractivity contribution in [3.63, 3.8) is 0 Å². The van der Waals surface area contributed by atoms with E-state index in [9.17, 15) is 0 Å². The normalized spacial score (nSPS) is 19.1.